The fourth-order valence-corrected chi connectivity index (χ4v) is 5.14. The van der Waals surface area contributed by atoms with Gasteiger partial charge < -0.3 is 24.6 Å². The number of morpholine rings is 1. The molecule has 2 amide bonds. The summed E-state index contributed by atoms with van der Waals surface area (Å²) >= 11 is 1.61. The van der Waals surface area contributed by atoms with E-state index in [-0.39, 0.29) is 30.4 Å². The number of hydrogen-bond acceptors (Lipinski definition) is 7. The Morgan fingerprint density at radius 3 is 3.09 bits per heavy atom. The average molecular weight is 455 g/mol. The Labute approximate surface area is 191 Å². The van der Waals surface area contributed by atoms with Gasteiger partial charge in [0.05, 0.1) is 49.4 Å². The fraction of sp³-hybridized carbons (Fsp3) is 0.435. The number of pyridine rings is 1. The summed E-state index contributed by atoms with van der Waals surface area (Å²) in [6.07, 6.45) is 7.11. The minimum Gasteiger partial charge on any atom is -0.382 e. The molecular weight excluding hydrogens is 428 g/mol. The van der Waals surface area contributed by atoms with Crippen molar-refractivity contribution in [2.75, 3.05) is 56.5 Å². The van der Waals surface area contributed by atoms with Crippen molar-refractivity contribution in [1.29, 1.82) is 0 Å². The molecule has 4 rings (SSSR count). The van der Waals surface area contributed by atoms with E-state index in [1.54, 1.807) is 36.0 Å². The lowest BCUT2D eigenvalue weighted by Crippen LogP contribution is -2.48. The van der Waals surface area contributed by atoms with E-state index in [0.717, 1.165) is 23.4 Å². The number of hydrogen-bond donors (Lipinski definition) is 1. The molecule has 0 spiro atoms. The van der Waals surface area contributed by atoms with Gasteiger partial charge in [0, 0.05) is 36.7 Å². The Morgan fingerprint density at radius 1 is 1.41 bits per heavy atom. The molecule has 0 unspecified atom stereocenters. The van der Waals surface area contributed by atoms with Gasteiger partial charge in [-0.3, -0.25) is 14.6 Å². The fourth-order valence-electron chi connectivity index (χ4n) is 4.02. The van der Waals surface area contributed by atoms with E-state index < -0.39 is 0 Å². The molecule has 0 saturated carbocycles. The Hall–Kier alpha value is -2.80. The summed E-state index contributed by atoms with van der Waals surface area (Å²) in [5, 5.41) is 3.48. The Kier molecular flexibility index (Phi) is 7.15. The monoisotopic (exact) mass is 454 g/mol. The normalized spacial score (nSPS) is 20.9. The van der Waals surface area contributed by atoms with Crippen molar-refractivity contribution >= 4 is 40.2 Å². The van der Waals surface area contributed by atoms with Crippen molar-refractivity contribution in [2.24, 2.45) is 0 Å². The third-order valence-corrected chi connectivity index (χ3v) is 6.70. The Morgan fingerprint density at radius 2 is 2.28 bits per heavy atom. The molecule has 0 aliphatic carbocycles. The van der Waals surface area contributed by atoms with Crippen LogP contribution in [0.3, 0.4) is 0 Å². The number of rotatable bonds is 6. The highest BCUT2D eigenvalue weighted by molar-refractivity contribution is 7.99. The topological polar surface area (TPSA) is 84.0 Å². The van der Waals surface area contributed by atoms with Gasteiger partial charge in [-0.25, -0.2) is 0 Å². The maximum absolute atomic E-state index is 13.0. The van der Waals surface area contributed by atoms with E-state index in [0.29, 0.717) is 36.8 Å². The number of aromatic nitrogens is 1. The van der Waals surface area contributed by atoms with E-state index in [2.05, 4.69) is 21.1 Å². The maximum Gasteiger partial charge on any atom is 0.252 e. The van der Waals surface area contributed by atoms with Gasteiger partial charge in [-0.15, -0.1) is 18.2 Å². The van der Waals surface area contributed by atoms with Gasteiger partial charge in [0.1, 0.15) is 6.04 Å². The molecule has 2 aliphatic rings. The molecule has 2 fully saturated rings. The van der Waals surface area contributed by atoms with E-state index in [9.17, 15) is 9.59 Å². The van der Waals surface area contributed by atoms with Gasteiger partial charge in [0.2, 0.25) is 5.91 Å². The number of methoxy groups -OCH3 is 1. The maximum atomic E-state index is 13.0. The van der Waals surface area contributed by atoms with Crippen molar-refractivity contribution in [3.05, 3.63) is 36.0 Å². The highest BCUT2D eigenvalue weighted by Gasteiger charge is 2.28. The molecule has 2 aromatic rings. The second kappa shape index (κ2) is 10.2. The molecule has 8 nitrogen and oxygen atoms in total. The second-order valence-electron chi connectivity index (χ2n) is 7.67. The molecule has 2 saturated heterocycles. The van der Waals surface area contributed by atoms with Crippen LogP contribution in [0.4, 0.5) is 5.69 Å². The molecule has 168 valence electrons. The third-order valence-electron chi connectivity index (χ3n) is 5.68. The molecule has 2 atom stereocenters. The van der Waals surface area contributed by atoms with E-state index in [1.807, 2.05) is 18.2 Å². The second-order valence-corrected chi connectivity index (χ2v) is 8.67. The lowest BCUT2D eigenvalue weighted by molar-refractivity contribution is -0.129. The van der Waals surface area contributed by atoms with Gasteiger partial charge in [0.15, 0.2) is 0 Å². The third kappa shape index (κ3) is 4.67. The van der Waals surface area contributed by atoms with Crippen molar-refractivity contribution in [3.8, 4) is 12.3 Å². The number of terminal acetylenes is 1. The summed E-state index contributed by atoms with van der Waals surface area (Å²) in [6.45, 7) is 2.41. The summed E-state index contributed by atoms with van der Waals surface area (Å²) in [5.74, 6) is 3.40. The van der Waals surface area contributed by atoms with Crippen molar-refractivity contribution in [1.82, 2.24) is 15.2 Å². The number of ether oxygens (including phenoxy) is 2. The number of anilines is 1. The van der Waals surface area contributed by atoms with Gasteiger partial charge in [-0.05, 0) is 24.3 Å². The lowest BCUT2D eigenvalue weighted by Gasteiger charge is -2.37. The Balaban J connectivity index is 1.53. The quantitative estimate of drug-likeness (QED) is 0.660. The zero-order valence-electron chi connectivity index (χ0n) is 18.0. The van der Waals surface area contributed by atoms with E-state index in [1.165, 1.54) is 0 Å². The van der Waals surface area contributed by atoms with Crippen LogP contribution < -0.4 is 10.2 Å². The predicted molar refractivity (Wildman–Crippen MR) is 125 cm³/mol. The predicted octanol–water partition coefficient (Wildman–Crippen LogP) is 1.35. The van der Waals surface area contributed by atoms with Crippen molar-refractivity contribution in [3.63, 3.8) is 0 Å². The van der Waals surface area contributed by atoms with Crippen LogP contribution in [-0.2, 0) is 14.3 Å². The van der Waals surface area contributed by atoms with Crippen LogP contribution in [0.15, 0.2) is 30.5 Å². The van der Waals surface area contributed by atoms with Crippen LogP contribution in [-0.4, -0.2) is 85.4 Å². The molecule has 3 heterocycles. The van der Waals surface area contributed by atoms with Gasteiger partial charge >= 0.3 is 0 Å². The first-order valence-corrected chi connectivity index (χ1v) is 11.6. The first-order chi connectivity index (χ1) is 15.6. The first-order valence-electron chi connectivity index (χ1n) is 10.5. The first kappa shape index (κ1) is 22.4. The standard InChI is InChI=1S/C23H26N4O4S/c1-3-16-14-32-15-27(16)22(28)11-25-23(29)19-6-7-24-21-5-4-17(10-20(19)21)26-8-9-31-13-18(26)12-30-2/h1,4-7,10,16,18H,8-9,11-15H2,2H3,(H,25,29)/t16-,18+/m1/s1. The van der Waals surface area contributed by atoms with Crippen LogP contribution in [0.5, 0.6) is 0 Å². The molecule has 1 aromatic heterocycles. The largest absolute Gasteiger partial charge is 0.382 e. The van der Waals surface area contributed by atoms with Crippen LogP contribution in [0.1, 0.15) is 10.4 Å². The number of nitrogens with zero attached hydrogens (tertiary/aromatic N) is 3. The lowest BCUT2D eigenvalue weighted by atomic mass is 10.1. The van der Waals surface area contributed by atoms with Gasteiger partial charge in [-0.2, -0.15) is 0 Å². The number of carbonyl (C=O) groups excluding carboxylic acids is 2. The molecule has 1 N–H and O–H groups in total. The number of carbonyl (C=O) groups is 2. The zero-order chi connectivity index (χ0) is 22.5. The van der Waals surface area contributed by atoms with E-state index in [4.69, 9.17) is 15.9 Å². The number of nitrogens with one attached hydrogen (secondary N) is 1. The highest BCUT2D eigenvalue weighted by Crippen LogP contribution is 2.26. The molecule has 1 aromatic carbocycles. The molecular formula is C23H26N4O4S. The van der Waals surface area contributed by atoms with Crippen LogP contribution in [0, 0.1) is 12.3 Å². The summed E-state index contributed by atoms with van der Waals surface area (Å²) in [4.78, 5) is 33.8. The van der Waals surface area contributed by atoms with Crippen LogP contribution in [0.25, 0.3) is 10.9 Å². The molecule has 0 bridgehead atoms. The van der Waals surface area contributed by atoms with Crippen molar-refractivity contribution in [2.45, 2.75) is 12.1 Å². The summed E-state index contributed by atoms with van der Waals surface area (Å²) in [6, 6.07) is 7.43. The Bertz CT molecular complexity index is 1040. The van der Waals surface area contributed by atoms with Gasteiger partial charge in [0.25, 0.3) is 5.91 Å². The zero-order valence-corrected chi connectivity index (χ0v) is 18.8. The van der Waals surface area contributed by atoms with Gasteiger partial charge in [-0.1, -0.05) is 5.92 Å². The molecule has 9 heteroatoms. The SMILES string of the molecule is C#C[C@@H]1CSCN1C(=O)CNC(=O)c1ccnc2ccc(N3CCOC[C@@H]3COC)cc12. The molecule has 0 radical (unpaired) electrons. The number of amides is 2. The summed E-state index contributed by atoms with van der Waals surface area (Å²) in [5.41, 5.74) is 2.17. The number of benzene rings is 1. The minimum atomic E-state index is -0.317. The minimum absolute atomic E-state index is 0.0968. The van der Waals surface area contributed by atoms with Crippen molar-refractivity contribution < 1.29 is 19.1 Å². The number of thioether (sulfide) groups is 1. The molecule has 32 heavy (non-hydrogen) atoms. The van der Waals surface area contributed by atoms with E-state index >= 15 is 0 Å². The highest BCUT2D eigenvalue weighted by atomic mass is 32.2. The average Bonchev–Trinajstić information content (AvgIpc) is 3.31. The summed E-state index contributed by atoms with van der Waals surface area (Å²) < 4.78 is 10.9. The molecule has 2 aliphatic heterocycles. The van der Waals surface area contributed by atoms with Crippen LogP contribution >= 0.6 is 11.8 Å². The smallest absolute Gasteiger partial charge is 0.252 e. The van der Waals surface area contributed by atoms with Crippen LogP contribution in [0.2, 0.25) is 0 Å². The number of fused-ring (bicyclic) bond motifs is 1. The summed E-state index contributed by atoms with van der Waals surface area (Å²) in [7, 11) is 1.67.